The van der Waals surface area contributed by atoms with Crippen LogP contribution in [0.5, 0.6) is 0 Å². The number of rotatable bonds is 8. The summed E-state index contributed by atoms with van der Waals surface area (Å²) in [4.78, 5) is 21.5. The van der Waals surface area contributed by atoms with Gasteiger partial charge in [-0.15, -0.1) is 0 Å². The van der Waals surface area contributed by atoms with Crippen molar-refractivity contribution in [2.24, 2.45) is 5.41 Å². The molecule has 2 N–H and O–H groups in total. The van der Waals surface area contributed by atoms with Crippen LogP contribution in [-0.4, -0.2) is 22.2 Å². The topological polar surface area (TPSA) is 74.6 Å². The maximum atomic E-state index is 10.7. The smallest absolute Gasteiger partial charge is 0.307 e. The van der Waals surface area contributed by atoms with E-state index >= 15 is 0 Å². The van der Waals surface area contributed by atoms with Crippen molar-refractivity contribution in [3.63, 3.8) is 0 Å². The van der Waals surface area contributed by atoms with E-state index < -0.39 is 11.9 Å². The zero-order chi connectivity index (χ0) is 18.4. The van der Waals surface area contributed by atoms with Gasteiger partial charge in [-0.2, -0.15) is 0 Å². The van der Waals surface area contributed by atoms with Gasteiger partial charge in [0.25, 0.3) is 0 Å². The predicted octanol–water partition coefficient (Wildman–Crippen LogP) is 3.75. The summed E-state index contributed by atoms with van der Waals surface area (Å²) in [5.41, 5.74) is 4.03. The van der Waals surface area contributed by atoms with Crippen molar-refractivity contribution in [3.8, 4) is 0 Å². The first-order chi connectivity index (χ1) is 11.7. The second-order valence-electron chi connectivity index (χ2n) is 7.29. The lowest BCUT2D eigenvalue weighted by molar-refractivity contribution is -0.137. The van der Waals surface area contributed by atoms with Gasteiger partial charge in [-0.1, -0.05) is 62.4 Å². The molecule has 0 radical (unpaired) electrons. The minimum absolute atomic E-state index is 0.0443. The zero-order valence-electron chi connectivity index (χ0n) is 14.7. The Kier molecular flexibility index (Phi) is 5.97. The van der Waals surface area contributed by atoms with Gasteiger partial charge >= 0.3 is 11.9 Å². The summed E-state index contributed by atoms with van der Waals surface area (Å²) >= 11 is 0. The zero-order valence-corrected chi connectivity index (χ0v) is 14.7. The Morgan fingerprint density at radius 1 is 0.680 bits per heavy atom. The number of carboxylic acid groups (broad SMARTS) is 2. The molecule has 0 amide bonds. The first-order valence-electron chi connectivity index (χ1n) is 8.33. The quantitative estimate of drug-likeness (QED) is 0.767. The third-order valence-corrected chi connectivity index (χ3v) is 4.12. The minimum Gasteiger partial charge on any atom is -0.481 e. The highest BCUT2D eigenvalue weighted by atomic mass is 16.4. The molecule has 0 aliphatic heterocycles. The third kappa shape index (κ3) is 6.42. The molecule has 0 aromatic heterocycles. The lowest BCUT2D eigenvalue weighted by Gasteiger charge is -2.25. The summed E-state index contributed by atoms with van der Waals surface area (Å²) in [6, 6.07) is 15.5. The molecular formula is C21H24O4. The van der Waals surface area contributed by atoms with Crippen LogP contribution < -0.4 is 0 Å². The van der Waals surface area contributed by atoms with Gasteiger partial charge < -0.3 is 10.2 Å². The van der Waals surface area contributed by atoms with Gasteiger partial charge in [-0.05, 0) is 40.5 Å². The fourth-order valence-corrected chi connectivity index (χ4v) is 3.07. The molecule has 4 heteroatoms. The van der Waals surface area contributed by atoms with Gasteiger partial charge in [-0.25, -0.2) is 0 Å². The standard InChI is InChI=1S/C21H24O4/c1-21(2,13-17-7-3-15(4-8-17)11-19(22)23)14-18-9-5-16(6-10-18)12-20(24)25/h3-10H,11-14H2,1-2H3,(H,22,23)(H,24,25). The molecule has 132 valence electrons. The Balaban J connectivity index is 1.98. The average molecular weight is 340 g/mol. The number of carbonyl (C=O) groups is 2. The molecule has 0 saturated carbocycles. The van der Waals surface area contributed by atoms with Crippen molar-refractivity contribution in [1.82, 2.24) is 0 Å². The van der Waals surface area contributed by atoms with E-state index in [2.05, 4.69) is 13.8 Å². The molecular weight excluding hydrogens is 316 g/mol. The molecule has 0 saturated heterocycles. The molecule has 0 heterocycles. The Bertz CT molecular complexity index is 664. The van der Waals surface area contributed by atoms with Gasteiger partial charge in [0.1, 0.15) is 0 Å². The van der Waals surface area contributed by atoms with Gasteiger partial charge in [0, 0.05) is 0 Å². The molecule has 2 rings (SSSR count). The van der Waals surface area contributed by atoms with Crippen LogP contribution in [0.15, 0.2) is 48.5 Å². The van der Waals surface area contributed by atoms with Crippen molar-refractivity contribution in [2.75, 3.05) is 0 Å². The summed E-state index contributed by atoms with van der Waals surface area (Å²) < 4.78 is 0. The molecule has 4 nitrogen and oxygen atoms in total. The lowest BCUT2D eigenvalue weighted by atomic mass is 9.80. The van der Waals surface area contributed by atoms with Gasteiger partial charge in [-0.3, -0.25) is 9.59 Å². The van der Waals surface area contributed by atoms with E-state index in [1.165, 1.54) is 11.1 Å². The van der Waals surface area contributed by atoms with Crippen molar-refractivity contribution in [2.45, 2.75) is 39.5 Å². The van der Waals surface area contributed by atoms with Gasteiger partial charge in [0.05, 0.1) is 12.8 Å². The molecule has 0 aliphatic carbocycles. The molecule has 25 heavy (non-hydrogen) atoms. The second kappa shape index (κ2) is 7.97. The Labute approximate surface area is 148 Å². The van der Waals surface area contributed by atoms with Crippen LogP contribution in [-0.2, 0) is 35.3 Å². The maximum Gasteiger partial charge on any atom is 0.307 e. The summed E-state index contributed by atoms with van der Waals surface area (Å²) in [5, 5.41) is 17.6. The normalized spacial score (nSPS) is 11.3. The highest BCUT2D eigenvalue weighted by molar-refractivity contribution is 5.70. The third-order valence-electron chi connectivity index (χ3n) is 4.12. The Morgan fingerprint density at radius 2 is 0.960 bits per heavy atom. The second-order valence-corrected chi connectivity index (χ2v) is 7.29. The predicted molar refractivity (Wildman–Crippen MR) is 96.8 cm³/mol. The van der Waals surface area contributed by atoms with Crippen molar-refractivity contribution >= 4 is 11.9 Å². The van der Waals surface area contributed by atoms with E-state index in [-0.39, 0.29) is 18.3 Å². The van der Waals surface area contributed by atoms with Crippen LogP contribution in [0.25, 0.3) is 0 Å². The van der Waals surface area contributed by atoms with Crippen LogP contribution >= 0.6 is 0 Å². The van der Waals surface area contributed by atoms with E-state index in [1.807, 2.05) is 48.5 Å². The summed E-state index contributed by atoms with van der Waals surface area (Å²) in [7, 11) is 0. The van der Waals surface area contributed by atoms with Crippen LogP contribution in [0.3, 0.4) is 0 Å². The summed E-state index contributed by atoms with van der Waals surface area (Å²) in [5.74, 6) is -1.64. The van der Waals surface area contributed by atoms with E-state index in [0.29, 0.717) is 0 Å². The molecule has 0 aliphatic rings. The Hall–Kier alpha value is -2.62. The van der Waals surface area contributed by atoms with E-state index in [1.54, 1.807) is 0 Å². The fraction of sp³-hybridized carbons (Fsp3) is 0.333. The van der Waals surface area contributed by atoms with E-state index in [9.17, 15) is 9.59 Å². The van der Waals surface area contributed by atoms with Crippen LogP contribution in [0.4, 0.5) is 0 Å². The molecule has 0 bridgehead atoms. The largest absolute Gasteiger partial charge is 0.481 e. The number of hydrogen-bond donors (Lipinski definition) is 2. The Morgan fingerprint density at radius 3 is 1.24 bits per heavy atom. The SMILES string of the molecule is CC(C)(Cc1ccc(CC(=O)O)cc1)Cc1ccc(CC(=O)O)cc1. The molecule has 0 fully saturated rings. The fourth-order valence-electron chi connectivity index (χ4n) is 3.07. The minimum atomic E-state index is -0.820. The first-order valence-corrected chi connectivity index (χ1v) is 8.33. The number of aliphatic carboxylic acids is 2. The average Bonchev–Trinajstić information content (AvgIpc) is 2.49. The highest BCUT2D eigenvalue weighted by Gasteiger charge is 2.19. The van der Waals surface area contributed by atoms with Crippen molar-refractivity contribution in [3.05, 3.63) is 70.8 Å². The molecule has 0 atom stereocenters. The van der Waals surface area contributed by atoms with Crippen molar-refractivity contribution in [1.29, 1.82) is 0 Å². The molecule has 0 spiro atoms. The summed E-state index contributed by atoms with van der Waals surface area (Å²) in [6.45, 7) is 4.40. The van der Waals surface area contributed by atoms with E-state index in [0.717, 1.165) is 24.0 Å². The maximum absolute atomic E-state index is 10.7. The number of hydrogen-bond acceptors (Lipinski definition) is 2. The highest BCUT2D eigenvalue weighted by Crippen LogP contribution is 2.27. The van der Waals surface area contributed by atoms with Crippen molar-refractivity contribution < 1.29 is 19.8 Å². The monoisotopic (exact) mass is 340 g/mol. The molecule has 2 aromatic carbocycles. The van der Waals surface area contributed by atoms with Gasteiger partial charge in [0.15, 0.2) is 0 Å². The molecule has 0 unspecified atom stereocenters. The lowest BCUT2D eigenvalue weighted by Crippen LogP contribution is -2.18. The first kappa shape index (κ1) is 18.7. The summed E-state index contributed by atoms with van der Waals surface area (Å²) in [6.07, 6.45) is 1.87. The number of benzene rings is 2. The van der Waals surface area contributed by atoms with Crippen LogP contribution in [0, 0.1) is 5.41 Å². The van der Waals surface area contributed by atoms with Gasteiger partial charge in [0.2, 0.25) is 0 Å². The number of carboxylic acids is 2. The van der Waals surface area contributed by atoms with E-state index in [4.69, 9.17) is 10.2 Å². The van der Waals surface area contributed by atoms with Crippen LogP contribution in [0.2, 0.25) is 0 Å². The van der Waals surface area contributed by atoms with Crippen LogP contribution in [0.1, 0.15) is 36.1 Å². The molecule has 2 aromatic rings.